The minimum atomic E-state index is -0.331. The molecule has 0 spiro atoms. The van der Waals surface area contributed by atoms with Crippen molar-refractivity contribution in [3.05, 3.63) is 59.9 Å². The predicted molar refractivity (Wildman–Crippen MR) is 93.9 cm³/mol. The lowest BCUT2D eigenvalue weighted by atomic mass is 9.96. The number of hydrogen-bond acceptors (Lipinski definition) is 4. The van der Waals surface area contributed by atoms with Crippen LogP contribution in [0, 0.1) is 5.92 Å². The van der Waals surface area contributed by atoms with Crippen LogP contribution in [0.15, 0.2) is 48.7 Å². The van der Waals surface area contributed by atoms with Gasteiger partial charge in [-0.25, -0.2) is 0 Å². The lowest BCUT2D eigenvalue weighted by molar-refractivity contribution is 0.0946. The highest BCUT2D eigenvalue weighted by Gasteiger charge is 2.24. The molecular weight excluding hydrogens is 302 g/mol. The molecule has 2 unspecified atom stereocenters. The molecule has 2 atom stereocenters. The van der Waals surface area contributed by atoms with Gasteiger partial charge >= 0.3 is 0 Å². The van der Waals surface area contributed by atoms with Crippen molar-refractivity contribution in [2.75, 3.05) is 18.0 Å². The maximum Gasteiger partial charge on any atom is 0.270 e. The first-order valence-corrected chi connectivity index (χ1v) is 8.34. The molecule has 2 N–H and O–H groups in total. The largest absolute Gasteiger partial charge is 0.391 e. The van der Waals surface area contributed by atoms with E-state index >= 15 is 0 Å². The summed E-state index contributed by atoms with van der Waals surface area (Å²) in [6.07, 6.45) is 2.26. The van der Waals surface area contributed by atoms with Crippen molar-refractivity contribution in [2.24, 2.45) is 5.92 Å². The first-order valence-electron chi connectivity index (χ1n) is 8.34. The van der Waals surface area contributed by atoms with Crippen LogP contribution in [-0.4, -0.2) is 35.2 Å². The molecule has 1 aliphatic rings. The van der Waals surface area contributed by atoms with Crippen LogP contribution in [-0.2, 0) is 6.54 Å². The molecule has 1 aromatic heterocycles. The van der Waals surface area contributed by atoms with Gasteiger partial charge in [-0.05, 0) is 30.0 Å². The minimum Gasteiger partial charge on any atom is -0.391 e. The van der Waals surface area contributed by atoms with Crippen molar-refractivity contribution in [3.8, 4) is 0 Å². The Morgan fingerprint density at radius 2 is 2.12 bits per heavy atom. The van der Waals surface area contributed by atoms with Crippen LogP contribution in [0.1, 0.15) is 29.4 Å². The molecule has 1 aromatic carbocycles. The third kappa shape index (κ3) is 3.92. The van der Waals surface area contributed by atoms with Gasteiger partial charge < -0.3 is 15.3 Å². The number of anilines is 1. The number of benzene rings is 1. The number of nitrogens with one attached hydrogen (secondary N) is 1. The molecular formula is C19H23N3O2. The zero-order chi connectivity index (χ0) is 16.9. The Kier molecular flexibility index (Phi) is 5.11. The number of pyridine rings is 1. The van der Waals surface area contributed by atoms with Crippen LogP contribution in [0.25, 0.3) is 0 Å². The Morgan fingerprint density at radius 1 is 1.33 bits per heavy atom. The molecule has 2 heterocycles. The van der Waals surface area contributed by atoms with E-state index in [0.717, 1.165) is 24.2 Å². The SMILES string of the molecule is CC1CCN(c2ccnc(C(=O)NCc3ccccc3)c2)CC1O. The molecule has 2 aromatic rings. The van der Waals surface area contributed by atoms with Crippen molar-refractivity contribution in [1.29, 1.82) is 0 Å². The van der Waals surface area contributed by atoms with Crippen molar-refractivity contribution in [2.45, 2.75) is 26.0 Å². The molecule has 5 nitrogen and oxygen atoms in total. The number of β-amino-alcohol motifs (C(OH)–C–C–N with tert-alkyl or cyclic N) is 1. The second-order valence-corrected chi connectivity index (χ2v) is 6.35. The standard InChI is InChI=1S/C19H23N3O2/c1-14-8-10-22(13-18(14)23)16-7-9-20-17(11-16)19(24)21-12-15-5-3-2-4-6-15/h2-7,9,11,14,18,23H,8,10,12-13H2,1H3,(H,21,24). The number of aliphatic hydroxyl groups excluding tert-OH is 1. The molecule has 126 valence electrons. The quantitative estimate of drug-likeness (QED) is 0.905. The fourth-order valence-corrected chi connectivity index (χ4v) is 2.89. The summed E-state index contributed by atoms with van der Waals surface area (Å²) in [6.45, 7) is 4.02. The summed E-state index contributed by atoms with van der Waals surface area (Å²) in [4.78, 5) is 18.6. The smallest absolute Gasteiger partial charge is 0.270 e. The summed E-state index contributed by atoms with van der Waals surface area (Å²) in [7, 11) is 0. The Labute approximate surface area is 142 Å². The molecule has 1 amide bonds. The summed E-state index contributed by atoms with van der Waals surface area (Å²) in [5.74, 6) is 0.128. The van der Waals surface area contributed by atoms with E-state index in [4.69, 9.17) is 0 Å². The van der Waals surface area contributed by atoms with Gasteiger partial charge in [0.1, 0.15) is 5.69 Å². The topological polar surface area (TPSA) is 65.5 Å². The molecule has 0 radical (unpaired) electrons. The van der Waals surface area contributed by atoms with E-state index in [2.05, 4.69) is 22.1 Å². The molecule has 3 rings (SSSR count). The minimum absolute atomic E-state index is 0.188. The van der Waals surface area contributed by atoms with Crippen LogP contribution in [0.5, 0.6) is 0 Å². The summed E-state index contributed by atoms with van der Waals surface area (Å²) in [5, 5.41) is 13.0. The number of aromatic nitrogens is 1. The zero-order valence-electron chi connectivity index (χ0n) is 13.9. The van der Waals surface area contributed by atoms with Crippen LogP contribution in [0.3, 0.4) is 0 Å². The van der Waals surface area contributed by atoms with Crippen LogP contribution in [0.2, 0.25) is 0 Å². The summed E-state index contributed by atoms with van der Waals surface area (Å²) in [5.41, 5.74) is 2.38. The van der Waals surface area contributed by atoms with Crippen molar-refractivity contribution < 1.29 is 9.90 Å². The van der Waals surface area contributed by atoms with Gasteiger partial charge in [0.05, 0.1) is 6.10 Å². The van der Waals surface area contributed by atoms with E-state index in [1.165, 1.54) is 0 Å². The third-order valence-corrected chi connectivity index (χ3v) is 4.56. The van der Waals surface area contributed by atoms with E-state index in [0.29, 0.717) is 24.7 Å². The van der Waals surface area contributed by atoms with Gasteiger partial charge in [-0.3, -0.25) is 9.78 Å². The fourth-order valence-electron chi connectivity index (χ4n) is 2.89. The van der Waals surface area contributed by atoms with Crippen molar-refractivity contribution in [3.63, 3.8) is 0 Å². The monoisotopic (exact) mass is 325 g/mol. The summed E-state index contributed by atoms with van der Waals surface area (Å²) >= 11 is 0. The maximum atomic E-state index is 12.3. The summed E-state index contributed by atoms with van der Waals surface area (Å²) in [6, 6.07) is 13.5. The van der Waals surface area contributed by atoms with Gasteiger partial charge in [0.15, 0.2) is 0 Å². The number of hydrogen-bond donors (Lipinski definition) is 2. The number of amides is 1. The number of nitrogens with zero attached hydrogens (tertiary/aromatic N) is 2. The van der Waals surface area contributed by atoms with E-state index in [1.807, 2.05) is 36.4 Å². The van der Waals surface area contributed by atoms with E-state index < -0.39 is 0 Å². The molecule has 0 aliphatic carbocycles. The van der Waals surface area contributed by atoms with E-state index in [9.17, 15) is 9.90 Å². The number of piperidine rings is 1. The highest BCUT2D eigenvalue weighted by atomic mass is 16.3. The molecule has 0 saturated carbocycles. The predicted octanol–water partition coefficient (Wildman–Crippen LogP) is 2.22. The van der Waals surface area contributed by atoms with Crippen LogP contribution >= 0.6 is 0 Å². The van der Waals surface area contributed by atoms with Gasteiger partial charge in [0.2, 0.25) is 0 Å². The zero-order valence-corrected chi connectivity index (χ0v) is 13.9. The normalized spacial score (nSPS) is 20.7. The lowest BCUT2D eigenvalue weighted by Gasteiger charge is -2.35. The van der Waals surface area contributed by atoms with Gasteiger partial charge in [0, 0.05) is 31.5 Å². The molecule has 0 bridgehead atoms. The molecule has 24 heavy (non-hydrogen) atoms. The Balaban J connectivity index is 1.65. The molecule has 1 saturated heterocycles. The molecule has 1 fully saturated rings. The first kappa shape index (κ1) is 16.5. The van der Waals surface area contributed by atoms with Gasteiger partial charge in [-0.1, -0.05) is 37.3 Å². The van der Waals surface area contributed by atoms with Gasteiger partial charge in [0.25, 0.3) is 5.91 Å². The number of rotatable bonds is 4. The third-order valence-electron chi connectivity index (χ3n) is 4.56. The van der Waals surface area contributed by atoms with Crippen LogP contribution in [0.4, 0.5) is 5.69 Å². The lowest BCUT2D eigenvalue weighted by Crippen LogP contribution is -2.43. The second-order valence-electron chi connectivity index (χ2n) is 6.35. The maximum absolute atomic E-state index is 12.3. The van der Waals surface area contributed by atoms with E-state index in [-0.39, 0.29) is 12.0 Å². The molecule has 5 heteroatoms. The second kappa shape index (κ2) is 7.45. The Hall–Kier alpha value is -2.40. The molecule has 1 aliphatic heterocycles. The first-order chi connectivity index (χ1) is 11.6. The van der Waals surface area contributed by atoms with Gasteiger partial charge in [-0.15, -0.1) is 0 Å². The van der Waals surface area contributed by atoms with Crippen molar-refractivity contribution >= 4 is 11.6 Å². The number of aliphatic hydroxyl groups is 1. The average Bonchev–Trinajstić information content (AvgIpc) is 2.63. The Morgan fingerprint density at radius 3 is 2.88 bits per heavy atom. The highest BCUT2D eigenvalue weighted by molar-refractivity contribution is 5.93. The van der Waals surface area contributed by atoms with Crippen molar-refractivity contribution in [1.82, 2.24) is 10.3 Å². The fraction of sp³-hybridized carbons (Fsp3) is 0.368. The van der Waals surface area contributed by atoms with Crippen LogP contribution < -0.4 is 10.2 Å². The Bertz CT molecular complexity index is 690. The highest BCUT2D eigenvalue weighted by Crippen LogP contribution is 2.23. The van der Waals surface area contributed by atoms with Gasteiger partial charge in [-0.2, -0.15) is 0 Å². The summed E-state index contributed by atoms with van der Waals surface area (Å²) < 4.78 is 0. The number of carbonyl (C=O) groups excluding carboxylic acids is 1. The van der Waals surface area contributed by atoms with E-state index in [1.54, 1.807) is 12.3 Å². The number of carbonyl (C=O) groups is 1. The average molecular weight is 325 g/mol.